The summed E-state index contributed by atoms with van der Waals surface area (Å²) in [6.07, 6.45) is 2.32. The molecule has 1 N–H and O–H groups in total. The molecule has 26 heavy (non-hydrogen) atoms. The van der Waals surface area contributed by atoms with E-state index in [1.54, 1.807) is 19.0 Å². The standard InChI is InChI=1S/C18H20N6O2/c1-22(2)17(25)11-24-10-16(20-21-24)18(26)23-8-7-15-13(9-23)12-5-3-4-6-14(12)19-15/h3-6,10,19H,7-9,11H2,1-2H3. The Morgan fingerprint density at radius 1 is 1.27 bits per heavy atom. The van der Waals surface area contributed by atoms with Crippen molar-refractivity contribution in [3.63, 3.8) is 0 Å². The number of carbonyl (C=O) groups excluding carboxylic acids is 2. The van der Waals surface area contributed by atoms with E-state index in [9.17, 15) is 9.59 Å². The Hall–Kier alpha value is -3.16. The first-order valence-corrected chi connectivity index (χ1v) is 8.51. The summed E-state index contributed by atoms with van der Waals surface area (Å²) >= 11 is 0. The van der Waals surface area contributed by atoms with Gasteiger partial charge in [0.1, 0.15) is 6.54 Å². The average Bonchev–Trinajstić information content (AvgIpc) is 3.24. The number of benzene rings is 1. The van der Waals surface area contributed by atoms with Gasteiger partial charge >= 0.3 is 0 Å². The third kappa shape index (κ3) is 2.83. The van der Waals surface area contributed by atoms with Crippen LogP contribution < -0.4 is 0 Å². The molecular weight excluding hydrogens is 332 g/mol. The molecule has 0 spiro atoms. The first-order valence-electron chi connectivity index (χ1n) is 8.51. The predicted octanol–water partition coefficient (Wildman–Crippen LogP) is 1.05. The lowest BCUT2D eigenvalue weighted by atomic mass is 10.0. The van der Waals surface area contributed by atoms with E-state index in [-0.39, 0.29) is 24.1 Å². The van der Waals surface area contributed by atoms with E-state index >= 15 is 0 Å². The fourth-order valence-electron chi connectivity index (χ4n) is 3.26. The van der Waals surface area contributed by atoms with E-state index < -0.39 is 0 Å². The molecule has 1 aliphatic heterocycles. The fraction of sp³-hybridized carbons (Fsp3) is 0.333. The maximum atomic E-state index is 12.8. The van der Waals surface area contributed by atoms with Gasteiger partial charge in [0.05, 0.1) is 6.20 Å². The van der Waals surface area contributed by atoms with Crippen molar-refractivity contribution in [1.82, 2.24) is 29.8 Å². The highest BCUT2D eigenvalue weighted by molar-refractivity contribution is 5.93. The zero-order valence-electron chi connectivity index (χ0n) is 14.8. The second kappa shape index (κ2) is 6.29. The molecule has 8 nitrogen and oxygen atoms in total. The molecular formula is C18H20N6O2. The molecule has 0 saturated carbocycles. The number of likely N-dealkylation sites (N-methyl/N-ethyl adjacent to an activating group) is 1. The number of fused-ring (bicyclic) bond motifs is 3. The van der Waals surface area contributed by atoms with Crippen molar-refractivity contribution < 1.29 is 9.59 Å². The first kappa shape index (κ1) is 16.3. The molecule has 0 atom stereocenters. The van der Waals surface area contributed by atoms with E-state index in [4.69, 9.17) is 0 Å². The number of nitrogens with one attached hydrogen (secondary N) is 1. The number of amides is 2. The Labute approximate surface area is 150 Å². The van der Waals surface area contributed by atoms with Gasteiger partial charge in [0, 0.05) is 55.8 Å². The van der Waals surface area contributed by atoms with Gasteiger partial charge in [-0.25, -0.2) is 4.68 Å². The summed E-state index contributed by atoms with van der Waals surface area (Å²) in [4.78, 5) is 31.3. The molecule has 0 bridgehead atoms. The van der Waals surface area contributed by atoms with Crippen LogP contribution in [-0.2, 0) is 24.3 Å². The van der Waals surface area contributed by atoms with E-state index in [0.717, 1.165) is 22.9 Å². The molecule has 2 aromatic heterocycles. The number of aromatic nitrogens is 4. The normalized spacial score (nSPS) is 13.7. The summed E-state index contributed by atoms with van der Waals surface area (Å²) in [6, 6.07) is 8.13. The summed E-state index contributed by atoms with van der Waals surface area (Å²) in [7, 11) is 3.36. The molecule has 3 heterocycles. The Kier molecular flexibility index (Phi) is 3.95. The maximum absolute atomic E-state index is 12.8. The zero-order chi connectivity index (χ0) is 18.3. The van der Waals surface area contributed by atoms with Crippen LogP contribution in [0.15, 0.2) is 30.5 Å². The number of carbonyl (C=O) groups is 2. The van der Waals surface area contributed by atoms with Crippen LogP contribution >= 0.6 is 0 Å². The third-order valence-electron chi connectivity index (χ3n) is 4.72. The van der Waals surface area contributed by atoms with Gasteiger partial charge < -0.3 is 14.8 Å². The average molecular weight is 352 g/mol. The smallest absolute Gasteiger partial charge is 0.276 e. The molecule has 0 saturated heterocycles. The van der Waals surface area contributed by atoms with Crippen molar-refractivity contribution in [3.8, 4) is 0 Å². The number of para-hydroxylation sites is 1. The van der Waals surface area contributed by atoms with Gasteiger partial charge in [0.2, 0.25) is 5.91 Å². The molecule has 0 unspecified atom stereocenters. The molecule has 1 aliphatic rings. The van der Waals surface area contributed by atoms with Gasteiger partial charge in [-0.05, 0) is 6.07 Å². The highest BCUT2D eigenvalue weighted by atomic mass is 16.2. The summed E-state index contributed by atoms with van der Waals surface area (Å²) < 4.78 is 1.40. The molecule has 0 radical (unpaired) electrons. The summed E-state index contributed by atoms with van der Waals surface area (Å²) in [5, 5.41) is 9.01. The molecule has 0 aliphatic carbocycles. The third-order valence-corrected chi connectivity index (χ3v) is 4.72. The molecule has 2 amide bonds. The van der Waals surface area contributed by atoms with Crippen LogP contribution in [0.3, 0.4) is 0 Å². The number of nitrogens with zero attached hydrogens (tertiary/aromatic N) is 5. The van der Waals surface area contributed by atoms with Crippen molar-refractivity contribution in [2.45, 2.75) is 19.5 Å². The van der Waals surface area contributed by atoms with Crippen molar-refractivity contribution in [3.05, 3.63) is 47.4 Å². The van der Waals surface area contributed by atoms with Gasteiger partial charge in [-0.3, -0.25) is 9.59 Å². The number of H-pyrrole nitrogens is 1. The SMILES string of the molecule is CN(C)C(=O)Cn1cc(C(=O)N2CCc3[nH]c4ccccc4c3C2)nn1. The van der Waals surface area contributed by atoms with Crippen LogP contribution in [0.25, 0.3) is 10.9 Å². The van der Waals surface area contributed by atoms with Gasteiger partial charge in [-0.15, -0.1) is 5.10 Å². The van der Waals surface area contributed by atoms with Crippen molar-refractivity contribution in [2.24, 2.45) is 0 Å². The lowest BCUT2D eigenvalue weighted by molar-refractivity contribution is -0.129. The molecule has 8 heteroatoms. The lowest BCUT2D eigenvalue weighted by Crippen LogP contribution is -2.36. The van der Waals surface area contributed by atoms with E-state index in [0.29, 0.717) is 13.1 Å². The van der Waals surface area contributed by atoms with Crippen molar-refractivity contribution in [2.75, 3.05) is 20.6 Å². The lowest BCUT2D eigenvalue weighted by Gasteiger charge is -2.26. The highest BCUT2D eigenvalue weighted by Crippen LogP contribution is 2.28. The van der Waals surface area contributed by atoms with Gasteiger partial charge in [-0.1, -0.05) is 23.4 Å². The van der Waals surface area contributed by atoms with Crippen molar-refractivity contribution in [1.29, 1.82) is 0 Å². The number of aromatic amines is 1. The second-order valence-corrected chi connectivity index (χ2v) is 6.69. The van der Waals surface area contributed by atoms with Crippen LogP contribution in [0.4, 0.5) is 0 Å². The van der Waals surface area contributed by atoms with Crippen LogP contribution in [0.5, 0.6) is 0 Å². The summed E-state index contributed by atoms with van der Waals surface area (Å²) in [5.41, 5.74) is 3.71. The van der Waals surface area contributed by atoms with Gasteiger partial charge in [0.25, 0.3) is 5.91 Å². The number of rotatable bonds is 3. The summed E-state index contributed by atoms with van der Waals surface area (Å²) in [5.74, 6) is -0.264. The molecule has 134 valence electrons. The minimum Gasteiger partial charge on any atom is -0.358 e. The summed E-state index contributed by atoms with van der Waals surface area (Å²) in [6.45, 7) is 1.24. The van der Waals surface area contributed by atoms with Gasteiger partial charge in [0.15, 0.2) is 5.69 Å². The monoisotopic (exact) mass is 352 g/mol. The number of hydrogen-bond acceptors (Lipinski definition) is 4. The Morgan fingerprint density at radius 2 is 2.08 bits per heavy atom. The minimum atomic E-state index is -0.163. The van der Waals surface area contributed by atoms with Crippen LogP contribution in [0.1, 0.15) is 21.7 Å². The quantitative estimate of drug-likeness (QED) is 0.763. The van der Waals surface area contributed by atoms with E-state index in [1.165, 1.54) is 21.5 Å². The van der Waals surface area contributed by atoms with E-state index in [1.807, 2.05) is 18.2 Å². The van der Waals surface area contributed by atoms with Gasteiger partial charge in [-0.2, -0.15) is 0 Å². The van der Waals surface area contributed by atoms with Crippen LogP contribution in [0.2, 0.25) is 0 Å². The van der Waals surface area contributed by atoms with Crippen LogP contribution in [-0.4, -0.2) is 62.2 Å². The Balaban J connectivity index is 1.53. The minimum absolute atomic E-state index is 0.0693. The number of hydrogen-bond donors (Lipinski definition) is 1. The Morgan fingerprint density at radius 3 is 2.88 bits per heavy atom. The fourth-order valence-corrected chi connectivity index (χ4v) is 3.26. The predicted molar refractivity (Wildman–Crippen MR) is 95.5 cm³/mol. The highest BCUT2D eigenvalue weighted by Gasteiger charge is 2.26. The molecule has 3 aromatic rings. The maximum Gasteiger partial charge on any atom is 0.276 e. The Bertz CT molecular complexity index is 987. The van der Waals surface area contributed by atoms with E-state index in [2.05, 4.69) is 21.4 Å². The first-order chi connectivity index (χ1) is 12.5. The van der Waals surface area contributed by atoms with Crippen LogP contribution in [0, 0.1) is 0 Å². The second-order valence-electron chi connectivity index (χ2n) is 6.69. The largest absolute Gasteiger partial charge is 0.358 e. The molecule has 4 rings (SSSR count). The molecule has 1 aromatic carbocycles. The zero-order valence-corrected chi connectivity index (χ0v) is 14.8. The van der Waals surface area contributed by atoms with Crippen molar-refractivity contribution >= 4 is 22.7 Å². The topological polar surface area (TPSA) is 87.1 Å². The molecule has 0 fully saturated rings.